The number of amides is 2. The summed E-state index contributed by atoms with van der Waals surface area (Å²) < 4.78 is 88.5. The second-order valence-corrected chi connectivity index (χ2v) is 29.3. The minimum absolute atomic E-state index is 0.00623. The van der Waals surface area contributed by atoms with Gasteiger partial charge in [0.25, 0.3) is 33.0 Å². The molecule has 0 radical (unpaired) electrons. The zero-order valence-corrected chi connectivity index (χ0v) is 60.9. The van der Waals surface area contributed by atoms with Gasteiger partial charge in [-0.05, 0) is 174 Å². The van der Waals surface area contributed by atoms with Crippen molar-refractivity contribution in [2.24, 2.45) is 17.6 Å². The molecule has 1 atom stereocenters. The van der Waals surface area contributed by atoms with Gasteiger partial charge in [0.2, 0.25) is 5.88 Å². The van der Waals surface area contributed by atoms with E-state index in [1.807, 2.05) is 25.5 Å². The first-order valence-electron chi connectivity index (χ1n) is 32.7. The van der Waals surface area contributed by atoms with Gasteiger partial charge in [0, 0.05) is 59.7 Å². The largest absolute Gasteiger partial charge is 0.496 e. The molecule has 1 saturated carbocycles. The molecule has 12 rings (SSSR count). The standard InChI is InChI=1S/C23H32N2O4.C18H18N2O5S.C16H12ClNO5.C16H17N3O5S/c1-7-16-13-15(3)14-17(8-2)18(16)19-20(26)24-9-11-28-12-10-25(24)21(19)29-22(27)23(4,5)6;1-25-16-5-3-2-4-15(16)18(22)20-26(23,24)14-10-6-12(7-11-14)17(21)19-13-8-9-13;1-9(15(19)20)21-11-3-5-12(6-4-11)22-16-18-13-7-2-10(17)8-14(13)23-16;1-9-10(15(20)11-8-17-19(2)16(11)21)4-5-13(25(3,22)23)14(9)12-6-7-24-18-12/h13-14H,7-12H2,1-6H3;2-7,10-11,13H,8-9H2,1H3,(H,19,21)(H,20,22);2-9H,1H3,(H,19,20);4-5,8,17H,6-7H2,1-3H3. The number of aromatic amines is 1. The number of halogens is 1. The number of rotatable bonds is 19. The number of hydrogen-bond acceptors (Lipinski definition) is 20. The van der Waals surface area contributed by atoms with Gasteiger partial charge >= 0.3 is 18.0 Å². The van der Waals surface area contributed by atoms with E-state index in [1.54, 1.807) is 77.0 Å². The van der Waals surface area contributed by atoms with Crippen molar-refractivity contribution in [3.63, 3.8) is 0 Å². The summed E-state index contributed by atoms with van der Waals surface area (Å²) in [7, 11) is -4.69. The van der Waals surface area contributed by atoms with Gasteiger partial charge in [-0.1, -0.05) is 60.4 Å². The number of hydrogen-bond donors (Lipinski definition) is 4. The number of H-pyrrole nitrogens is 1. The van der Waals surface area contributed by atoms with Crippen molar-refractivity contribution in [2.45, 2.75) is 123 Å². The summed E-state index contributed by atoms with van der Waals surface area (Å²) in [6.45, 7) is 17.0. The van der Waals surface area contributed by atoms with E-state index in [0.29, 0.717) is 101 Å². The van der Waals surface area contributed by atoms with E-state index in [2.05, 4.69) is 53.5 Å². The first kappa shape index (κ1) is 76.6. The second kappa shape index (κ2) is 32.6. The fourth-order valence-electron chi connectivity index (χ4n) is 10.9. The first-order valence-corrected chi connectivity index (χ1v) is 36.5. The number of sulfone groups is 1. The summed E-state index contributed by atoms with van der Waals surface area (Å²) in [6.07, 6.45) is 5.58. The normalized spacial score (nSPS) is 13.7. The summed E-state index contributed by atoms with van der Waals surface area (Å²) >= 11 is 5.88. The summed E-state index contributed by atoms with van der Waals surface area (Å²) in [4.78, 5) is 95.3. The van der Waals surface area contributed by atoms with Crippen LogP contribution >= 0.6 is 11.6 Å². The molecule has 9 aromatic rings. The fraction of sp³-hybridized carbons (Fsp3) is 0.329. The van der Waals surface area contributed by atoms with Crippen LogP contribution in [0.5, 0.6) is 29.2 Å². The number of sulfonamides is 1. The first-order chi connectivity index (χ1) is 48.8. The number of oxime groups is 1. The molecule has 4 N–H and O–H groups in total. The molecule has 30 heteroatoms. The van der Waals surface area contributed by atoms with E-state index in [-0.39, 0.29) is 61.8 Å². The summed E-state index contributed by atoms with van der Waals surface area (Å²) in [5.41, 5.74) is 6.75. The smallest absolute Gasteiger partial charge is 0.400 e. The molecule has 2 amide bonds. The van der Waals surface area contributed by atoms with E-state index in [9.17, 15) is 50.4 Å². The number of nitrogens with zero attached hydrogens (tertiary/aromatic N) is 5. The Hall–Kier alpha value is -10.6. The molecule has 544 valence electrons. The second-order valence-electron chi connectivity index (χ2n) is 25.2. The van der Waals surface area contributed by atoms with Gasteiger partial charge < -0.3 is 48.5 Å². The topological polar surface area (TPSA) is 356 Å². The van der Waals surface area contributed by atoms with Crippen LogP contribution in [0.25, 0.3) is 22.2 Å². The number of aliphatic carboxylic acids is 1. The number of fused-ring (bicyclic) bond motifs is 2. The Bertz CT molecular complexity index is 5060. The summed E-state index contributed by atoms with van der Waals surface area (Å²) in [5.74, 6) is -1.37. The molecular weight excluding hydrogens is 1390 g/mol. The number of benzene rings is 6. The number of esters is 1. The number of aromatic nitrogens is 5. The fourth-order valence-corrected chi connectivity index (χ4v) is 12.9. The number of aryl methyl sites for hydroxylation is 4. The number of carboxylic acids is 1. The molecule has 0 spiro atoms. The van der Waals surface area contributed by atoms with Gasteiger partial charge in [-0.15, -0.1) is 0 Å². The number of oxazole rings is 1. The van der Waals surface area contributed by atoms with Gasteiger partial charge in [0.05, 0.1) is 59.9 Å². The van der Waals surface area contributed by atoms with Crippen LogP contribution < -0.4 is 40.1 Å². The highest BCUT2D eigenvalue weighted by molar-refractivity contribution is 7.91. The van der Waals surface area contributed by atoms with Crippen LogP contribution in [0.1, 0.15) is 125 Å². The van der Waals surface area contributed by atoms with Crippen LogP contribution in [0.15, 0.2) is 150 Å². The molecule has 27 nitrogen and oxygen atoms in total. The molecule has 6 aromatic carbocycles. The van der Waals surface area contributed by atoms with Crippen LogP contribution in [0, 0.1) is 19.3 Å². The molecule has 3 aliphatic rings. The maximum atomic E-state index is 13.5. The van der Waals surface area contributed by atoms with Crippen molar-refractivity contribution in [2.75, 3.05) is 33.2 Å². The number of carbonyl (C=O) groups is 5. The lowest BCUT2D eigenvalue weighted by atomic mass is 9.91. The van der Waals surface area contributed by atoms with Crippen molar-refractivity contribution >= 4 is 77.8 Å². The van der Waals surface area contributed by atoms with Crippen LogP contribution in [0.2, 0.25) is 5.02 Å². The molecule has 1 aliphatic carbocycles. The maximum absolute atomic E-state index is 13.5. The Morgan fingerprint density at radius 3 is 2.01 bits per heavy atom. The average Bonchev–Trinajstić information content (AvgIpc) is 1.65. The van der Waals surface area contributed by atoms with Gasteiger partial charge in [-0.25, -0.2) is 35.7 Å². The third-order valence-electron chi connectivity index (χ3n) is 16.4. The predicted molar refractivity (Wildman–Crippen MR) is 382 cm³/mol. The molecule has 0 saturated heterocycles. The zero-order valence-electron chi connectivity index (χ0n) is 58.5. The minimum Gasteiger partial charge on any atom is -0.496 e. The molecule has 5 heterocycles. The monoisotopic (exact) mass is 1470 g/mol. The van der Waals surface area contributed by atoms with E-state index >= 15 is 0 Å². The Morgan fingerprint density at radius 1 is 0.777 bits per heavy atom. The van der Waals surface area contributed by atoms with Crippen LogP contribution in [0.4, 0.5) is 0 Å². The van der Waals surface area contributed by atoms with Crippen molar-refractivity contribution in [1.82, 2.24) is 34.2 Å². The lowest BCUT2D eigenvalue weighted by molar-refractivity contribution is -0.144. The number of ether oxygens (including phenoxy) is 5. The molecular formula is C73H79ClN8O19S2. The predicted octanol–water partition coefficient (Wildman–Crippen LogP) is 10.3. The number of para-hydroxylation sites is 1. The van der Waals surface area contributed by atoms with Crippen LogP contribution in [-0.4, -0.2) is 127 Å². The lowest BCUT2D eigenvalue weighted by Gasteiger charge is -2.19. The van der Waals surface area contributed by atoms with Crippen molar-refractivity contribution in [3.05, 3.63) is 197 Å². The van der Waals surface area contributed by atoms with E-state index in [0.717, 1.165) is 48.6 Å². The van der Waals surface area contributed by atoms with Crippen molar-refractivity contribution in [3.8, 4) is 40.3 Å². The minimum atomic E-state index is -4.07. The average molecular weight is 1470 g/mol. The maximum Gasteiger partial charge on any atom is 0.400 e. The highest BCUT2D eigenvalue weighted by Gasteiger charge is 2.34. The molecule has 1 fully saturated rings. The number of nitrogens with one attached hydrogen (secondary N) is 3. The van der Waals surface area contributed by atoms with E-state index < -0.39 is 54.6 Å². The number of ketones is 1. The van der Waals surface area contributed by atoms with Crippen molar-refractivity contribution < 1.29 is 78.9 Å². The third kappa shape index (κ3) is 18.5. The highest BCUT2D eigenvalue weighted by Crippen LogP contribution is 2.37. The van der Waals surface area contributed by atoms with E-state index in [1.165, 1.54) is 80.0 Å². The third-order valence-corrected chi connectivity index (χ3v) is 19.1. The van der Waals surface area contributed by atoms with Crippen LogP contribution in [0.3, 0.4) is 0 Å². The Kier molecular flexibility index (Phi) is 24.2. The van der Waals surface area contributed by atoms with Gasteiger partial charge in [0.15, 0.2) is 27.3 Å². The molecule has 0 bridgehead atoms. The lowest BCUT2D eigenvalue weighted by Crippen LogP contribution is -2.31. The van der Waals surface area contributed by atoms with E-state index in [4.69, 9.17) is 49.6 Å². The molecule has 3 aromatic heterocycles. The molecule has 2 aliphatic heterocycles. The zero-order chi connectivity index (χ0) is 74.8. The molecule has 103 heavy (non-hydrogen) atoms. The van der Waals surface area contributed by atoms with Crippen LogP contribution in [-0.2, 0) is 72.0 Å². The highest BCUT2D eigenvalue weighted by atomic mass is 35.5. The Balaban J connectivity index is 0.000000160. The summed E-state index contributed by atoms with van der Waals surface area (Å²) in [5, 5.41) is 18.7. The number of carbonyl (C=O) groups excluding carboxylic acids is 4. The van der Waals surface area contributed by atoms with Crippen molar-refractivity contribution in [1.29, 1.82) is 0 Å². The summed E-state index contributed by atoms with van der Waals surface area (Å²) in [6, 6.07) is 30.6. The number of methoxy groups -OCH3 is 1. The van der Waals surface area contributed by atoms with Gasteiger partial charge in [-0.2, -0.15) is 4.98 Å². The quantitative estimate of drug-likeness (QED) is 0.0432. The Morgan fingerprint density at radius 2 is 1.43 bits per heavy atom. The number of carboxylic acid groups (broad SMARTS) is 1. The van der Waals surface area contributed by atoms with Gasteiger partial charge in [0.1, 0.15) is 40.5 Å². The SMILES string of the molecule is CC(Oc1ccc(Oc2nc3ccc(Cl)cc3o2)cc1)C(=O)O.CCc1cc(C)cc(CC)c1-c1c(OC(=O)C(C)(C)C)n2n(c1=O)CCOCC2.COc1ccccc1C(=O)NS(=O)(=O)c1ccc(C(=O)NC2CC2)cc1.Cc1c(C(=O)c2c[nH]n(C)c2=O)ccc(S(C)(=O)=O)c1C1=NOCC1. The molecule has 1 unspecified atom stereocenters. The van der Waals surface area contributed by atoms with Gasteiger partial charge in [-0.3, -0.25) is 33.4 Å². The Labute approximate surface area is 598 Å².